The molecule has 29 heavy (non-hydrogen) atoms. The van der Waals surface area contributed by atoms with Crippen LogP contribution in [0.3, 0.4) is 0 Å². The number of hydrogen-bond donors (Lipinski definition) is 0. The lowest BCUT2D eigenvalue weighted by Crippen LogP contribution is -2.09. The summed E-state index contributed by atoms with van der Waals surface area (Å²) in [5, 5.41) is 0. The second-order valence-electron chi connectivity index (χ2n) is 7.21. The van der Waals surface area contributed by atoms with Gasteiger partial charge in [0, 0.05) is 27.1 Å². The van der Waals surface area contributed by atoms with Crippen LogP contribution in [-0.4, -0.2) is 5.97 Å². The molecule has 0 saturated carbocycles. The van der Waals surface area contributed by atoms with Crippen LogP contribution in [0.4, 0.5) is 0 Å². The molecule has 0 unspecified atom stereocenters. The molecule has 4 aromatic rings. The molecule has 0 N–H and O–H groups in total. The van der Waals surface area contributed by atoms with Crippen LogP contribution in [0.1, 0.15) is 32.5 Å². The summed E-state index contributed by atoms with van der Waals surface area (Å²) in [6, 6.07) is 26.1. The Bertz CT molecular complexity index is 1230. The lowest BCUT2D eigenvalue weighted by Gasteiger charge is -2.16. The summed E-state index contributed by atoms with van der Waals surface area (Å²) in [4.78, 5) is 14.8. The summed E-state index contributed by atoms with van der Waals surface area (Å²) in [5.41, 5.74) is 6.42. The SMILES string of the molecule is O=C(OC1c2ccccc2-c2ccccc21)c1cc2c(s1)-c1ccccc1OC2. The maximum absolute atomic E-state index is 13.1. The predicted molar refractivity (Wildman–Crippen MR) is 113 cm³/mol. The molecule has 1 aromatic heterocycles. The molecule has 0 spiro atoms. The average Bonchev–Trinajstić information content (AvgIpc) is 3.35. The lowest BCUT2D eigenvalue weighted by atomic mass is 10.1. The molecule has 3 aromatic carbocycles. The summed E-state index contributed by atoms with van der Waals surface area (Å²) in [5.74, 6) is 0.568. The van der Waals surface area contributed by atoms with Crippen molar-refractivity contribution in [1.82, 2.24) is 0 Å². The number of carbonyl (C=O) groups is 1. The van der Waals surface area contributed by atoms with Gasteiger partial charge >= 0.3 is 5.97 Å². The summed E-state index contributed by atoms with van der Waals surface area (Å²) in [6.45, 7) is 0.477. The van der Waals surface area contributed by atoms with E-state index in [0.717, 1.165) is 44.0 Å². The van der Waals surface area contributed by atoms with Crippen molar-refractivity contribution in [3.63, 3.8) is 0 Å². The van der Waals surface area contributed by atoms with Crippen molar-refractivity contribution in [2.45, 2.75) is 12.7 Å². The van der Waals surface area contributed by atoms with E-state index >= 15 is 0 Å². The number of fused-ring (bicyclic) bond motifs is 6. The van der Waals surface area contributed by atoms with E-state index in [1.807, 2.05) is 66.7 Å². The highest BCUT2D eigenvalue weighted by atomic mass is 32.1. The van der Waals surface area contributed by atoms with Gasteiger partial charge in [-0.3, -0.25) is 0 Å². The third-order valence-electron chi connectivity index (χ3n) is 5.53. The number of para-hydroxylation sites is 1. The standard InChI is InChI=1S/C25H16O3S/c26-25(22-13-15-14-27-21-12-6-5-11-20(21)24(15)29-22)28-23-18-9-3-1-7-16(18)17-8-2-4-10-19(17)23/h1-13,23H,14H2. The molecule has 1 aliphatic carbocycles. The fraction of sp³-hybridized carbons (Fsp3) is 0.0800. The molecule has 2 aliphatic rings. The summed E-state index contributed by atoms with van der Waals surface area (Å²) < 4.78 is 11.9. The van der Waals surface area contributed by atoms with Crippen molar-refractivity contribution in [2.24, 2.45) is 0 Å². The van der Waals surface area contributed by atoms with Crippen molar-refractivity contribution in [1.29, 1.82) is 0 Å². The maximum Gasteiger partial charge on any atom is 0.349 e. The van der Waals surface area contributed by atoms with E-state index in [4.69, 9.17) is 9.47 Å². The molecular weight excluding hydrogens is 380 g/mol. The smallest absolute Gasteiger partial charge is 0.349 e. The van der Waals surface area contributed by atoms with Gasteiger partial charge < -0.3 is 9.47 Å². The van der Waals surface area contributed by atoms with Crippen LogP contribution in [0, 0.1) is 0 Å². The van der Waals surface area contributed by atoms with Crippen LogP contribution in [-0.2, 0) is 11.3 Å². The van der Waals surface area contributed by atoms with E-state index in [9.17, 15) is 4.79 Å². The minimum Gasteiger partial charge on any atom is -0.488 e. The van der Waals surface area contributed by atoms with Crippen molar-refractivity contribution in [3.05, 3.63) is 100 Å². The van der Waals surface area contributed by atoms with Crippen LogP contribution in [0.25, 0.3) is 21.6 Å². The topological polar surface area (TPSA) is 35.5 Å². The Morgan fingerprint density at radius 2 is 1.48 bits per heavy atom. The second kappa shape index (κ2) is 6.33. The quantitative estimate of drug-likeness (QED) is 0.377. The molecule has 1 aliphatic heterocycles. The molecule has 0 fully saturated rings. The van der Waals surface area contributed by atoms with Gasteiger partial charge in [0.05, 0.1) is 0 Å². The van der Waals surface area contributed by atoms with Crippen LogP contribution in [0.5, 0.6) is 5.75 Å². The molecule has 0 bridgehead atoms. The summed E-state index contributed by atoms with van der Waals surface area (Å²) in [6.07, 6.45) is -0.377. The van der Waals surface area contributed by atoms with Crippen LogP contribution in [0.15, 0.2) is 78.9 Å². The van der Waals surface area contributed by atoms with Crippen LogP contribution < -0.4 is 4.74 Å². The molecule has 3 nitrogen and oxygen atoms in total. The molecule has 0 amide bonds. The van der Waals surface area contributed by atoms with E-state index in [2.05, 4.69) is 12.1 Å². The number of hydrogen-bond acceptors (Lipinski definition) is 4. The Morgan fingerprint density at radius 1 is 0.862 bits per heavy atom. The van der Waals surface area contributed by atoms with Crippen LogP contribution in [0.2, 0.25) is 0 Å². The largest absolute Gasteiger partial charge is 0.488 e. The van der Waals surface area contributed by atoms with Gasteiger partial charge in [-0.1, -0.05) is 60.7 Å². The number of carbonyl (C=O) groups excluding carboxylic acids is 1. The van der Waals surface area contributed by atoms with Gasteiger partial charge in [0.25, 0.3) is 0 Å². The Morgan fingerprint density at radius 3 is 2.21 bits per heavy atom. The first-order chi connectivity index (χ1) is 14.3. The first kappa shape index (κ1) is 16.6. The van der Waals surface area contributed by atoms with Gasteiger partial charge in [-0.15, -0.1) is 11.3 Å². The Hall–Kier alpha value is -3.37. The Balaban J connectivity index is 1.36. The van der Waals surface area contributed by atoms with E-state index in [-0.39, 0.29) is 12.1 Å². The highest BCUT2D eigenvalue weighted by molar-refractivity contribution is 7.17. The molecule has 0 saturated heterocycles. The molecule has 140 valence electrons. The van der Waals surface area contributed by atoms with Crippen molar-refractivity contribution in [2.75, 3.05) is 0 Å². The first-order valence-corrected chi connectivity index (χ1v) is 10.4. The lowest BCUT2D eigenvalue weighted by molar-refractivity contribution is 0.0391. The van der Waals surface area contributed by atoms with Crippen molar-refractivity contribution in [3.8, 4) is 27.3 Å². The number of rotatable bonds is 2. The number of thiophene rings is 1. The van der Waals surface area contributed by atoms with E-state index < -0.39 is 0 Å². The molecular formula is C25H16O3S. The number of benzene rings is 3. The van der Waals surface area contributed by atoms with Crippen molar-refractivity contribution >= 4 is 17.3 Å². The third kappa shape index (κ3) is 2.53. The normalized spacial score (nSPS) is 13.7. The van der Waals surface area contributed by atoms with Gasteiger partial charge in [-0.05, 0) is 29.3 Å². The minimum atomic E-state index is -0.377. The highest BCUT2D eigenvalue weighted by Gasteiger charge is 2.32. The zero-order valence-corrected chi connectivity index (χ0v) is 16.2. The maximum atomic E-state index is 13.1. The molecule has 6 rings (SSSR count). The Labute approximate surface area is 172 Å². The van der Waals surface area contributed by atoms with Gasteiger partial charge in [-0.25, -0.2) is 4.79 Å². The minimum absolute atomic E-state index is 0.293. The molecule has 2 heterocycles. The fourth-order valence-corrected chi connectivity index (χ4v) is 5.28. The van der Waals surface area contributed by atoms with Gasteiger partial charge in [-0.2, -0.15) is 0 Å². The first-order valence-electron chi connectivity index (χ1n) is 9.54. The Kier molecular flexibility index (Phi) is 3.61. The zero-order valence-electron chi connectivity index (χ0n) is 15.4. The van der Waals surface area contributed by atoms with Crippen LogP contribution >= 0.6 is 11.3 Å². The van der Waals surface area contributed by atoms with E-state index in [0.29, 0.717) is 11.5 Å². The molecule has 0 atom stereocenters. The van der Waals surface area contributed by atoms with Gasteiger partial charge in [0.2, 0.25) is 0 Å². The number of ether oxygens (including phenoxy) is 2. The summed E-state index contributed by atoms with van der Waals surface area (Å²) in [7, 11) is 0. The average molecular weight is 396 g/mol. The zero-order chi connectivity index (χ0) is 19.4. The second-order valence-corrected chi connectivity index (χ2v) is 8.26. The monoisotopic (exact) mass is 396 g/mol. The van der Waals surface area contributed by atoms with Gasteiger partial charge in [0.15, 0.2) is 6.10 Å². The third-order valence-corrected chi connectivity index (χ3v) is 6.72. The van der Waals surface area contributed by atoms with E-state index in [1.54, 1.807) is 0 Å². The number of esters is 1. The molecule has 0 radical (unpaired) electrons. The summed E-state index contributed by atoms with van der Waals surface area (Å²) >= 11 is 1.48. The molecule has 4 heteroatoms. The predicted octanol–water partition coefficient (Wildman–Crippen LogP) is 6.23. The van der Waals surface area contributed by atoms with E-state index in [1.165, 1.54) is 11.3 Å². The van der Waals surface area contributed by atoms with Crippen molar-refractivity contribution < 1.29 is 14.3 Å². The van der Waals surface area contributed by atoms with Gasteiger partial charge in [0.1, 0.15) is 17.2 Å². The highest BCUT2D eigenvalue weighted by Crippen LogP contribution is 2.46. The fourth-order valence-electron chi connectivity index (χ4n) is 4.20.